The molecule has 5 nitrogen and oxygen atoms in total. The average molecular weight is 433 g/mol. The smallest absolute Gasteiger partial charge is 0.243 e. The zero-order chi connectivity index (χ0) is 20.9. The number of rotatable bonds is 6. The van der Waals surface area contributed by atoms with Crippen LogP contribution in [-0.2, 0) is 20.6 Å². The van der Waals surface area contributed by atoms with Crippen molar-refractivity contribution >= 4 is 27.7 Å². The van der Waals surface area contributed by atoms with Crippen LogP contribution in [0, 0.1) is 13.8 Å². The molecule has 0 spiro atoms. The first kappa shape index (κ1) is 21.9. The number of carbonyl (C=O) groups is 1. The molecule has 1 heterocycles. The summed E-state index contributed by atoms with van der Waals surface area (Å²) in [6, 6.07) is 15.2. The Labute approximate surface area is 178 Å². The molecule has 0 bridgehead atoms. The summed E-state index contributed by atoms with van der Waals surface area (Å²) in [5.41, 5.74) is 3.46. The summed E-state index contributed by atoms with van der Waals surface area (Å²) < 4.78 is 27.3. The number of hydrogen-bond donors (Lipinski definition) is 0. The van der Waals surface area contributed by atoms with Crippen molar-refractivity contribution < 1.29 is 13.2 Å². The Morgan fingerprint density at radius 2 is 1.72 bits per heavy atom. The molecule has 7 heteroatoms. The number of benzene rings is 2. The Balaban J connectivity index is 1.53. The van der Waals surface area contributed by atoms with E-state index in [0.29, 0.717) is 43.2 Å². The first-order valence-electron chi connectivity index (χ1n) is 9.84. The van der Waals surface area contributed by atoms with Gasteiger partial charge in [-0.3, -0.25) is 4.79 Å². The van der Waals surface area contributed by atoms with E-state index in [-0.39, 0.29) is 5.91 Å². The maximum atomic E-state index is 12.9. The lowest BCUT2D eigenvalue weighted by atomic mass is 10.2. The van der Waals surface area contributed by atoms with Crippen LogP contribution in [0.1, 0.15) is 23.1 Å². The number of sulfonamides is 1. The van der Waals surface area contributed by atoms with Gasteiger partial charge in [-0.25, -0.2) is 8.42 Å². The van der Waals surface area contributed by atoms with E-state index in [1.54, 1.807) is 28.8 Å². The van der Waals surface area contributed by atoms with Gasteiger partial charge in [0.2, 0.25) is 15.9 Å². The first-order chi connectivity index (χ1) is 13.9. The molecule has 1 fully saturated rings. The van der Waals surface area contributed by atoms with Crippen molar-refractivity contribution in [1.82, 2.24) is 9.21 Å². The van der Waals surface area contributed by atoms with Gasteiger partial charge in [0.05, 0.1) is 10.6 Å². The minimum Gasteiger partial charge on any atom is -0.341 e. The van der Waals surface area contributed by atoms with Crippen molar-refractivity contribution in [2.24, 2.45) is 0 Å². The van der Waals surface area contributed by atoms with Gasteiger partial charge in [0.15, 0.2) is 0 Å². The van der Waals surface area contributed by atoms with Gasteiger partial charge in [-0.15, -0.1) is 11.8 Å². The van der Waals surface area contributed by atoms with Crippen LogP contribution >= 0.6 is 11.8 Å². The van der Waals surface area contributed by atoms with Gasteiger partial charge in [-0.05, 0) is 38.0 Å². The van der Waals surface area contributed by atoms with Crippen molar-refractivity contribution in [2.75, 3.05) is 31.9 Å². The third-order valence-electron chi connectivity index (χ3n) is 5.04. The molecule has 29 heavy (non-hydrogen) atoms. The average Bonchev–Trinajstić information content (AvgIpc) is 2.95. The van der Waals surface area contributed by atoms with E-state index in [2.05, 4.69) is 25.1 Å². The molecule has 0 aliphatic carbocycles. The van der Waals surface area contributed by atoms with Crippen LogP contribution in [-0.4, -0.2) is 55.5 Å². The predicted molar refractivity (Wildman–Crippen MR) is 118 cm³/mol. The number of thioether (sulfide) groups is 1. The van der Waals surface area contributed by atoms with Crippen LogP contribution in [0.4, 0.5) is 0 Å². The molecule has 1 saturated heterocycles. The molecule has 0 aromatic heterocycles. The number of aryl methyl sites for hydroxylation is 2. The predicted octanol–water partition coefficient (Wildman–Crippen LogP) is 3.46. The Morgan fingerprint density at radius 3 is 2.45 bits per heavy atom. The molecular formula is C22H28N2O3S2. The maximum Gasteiger partial charge on any atom is 0.243 e. The maximum absolute atomic E-state index is 12.9. The monoisotopic (exact) mass is 432 g/mol. The molecule has 1 aliphatic heterocycles. The van der Waals surface area contributed by atoms with Gasteiger partial charge in [0.1, 0.15) is 0 Å². The quantitative estimate of drug-likeness (QED) is 0.701. The SMILES string of the molecule is Cc1ccc(S(=O)(=O)N2CCCN(C(=O)CSCc3cccc(C)c3)CC2)cc1. The van der Waals surface area contributed by atoms with Gasteiger partial charge in [-0.1, -0.05) is 47.5 Å². The third kappa shape index (κ3) is 5.84. The molecule has 0 atom stereocenters. The highest BCUT2D eigenvalue weighted by Crippen LogP contribution is 2.19. The van der Waals surface area contributed by atoms with Gasteiger partial charge < -0.3 is 4.90 Å². The van der Waals surface area contributed by atoms with Crippen LogP contribution in [0.25, 0.3) is 0 Å². The molecule has 1 amide bonds. The number of carbonyl (C=O) groups excluding carboxylic acids is 1. The molecule has 2 aromatic rings. The largest absolute Gasteiger partial charge is 0.341 e. The zero-order valence-corrected chi connectivity index (χ0v) is 18.6. The minimum absolute atomic E-state index is 0.0808. The lowest BCUT2D eigenvalue weighted by molar-refractivity contribution is -0.128. The summed E-state index contributed by atoms with van der Waals surface area (Å²) >= 11 is 1.61. The highest BCUT2D eigenvalue weighted by atomic mass is 32.2. The van der Waals surface area contributed by atoms with Crippen molar-refractivity contribution in [2.45, 2.75) is 30.9 Å². The Morgan fingerprint density at radius 1 is 0.966 bits per heavy atom. The topological polar surface area (TPSA) is 57.7 Å². The van der Waals surface area contributed by atoms with E-state index in [9.17, 15) is 13.2 Å². The van der Waals surface area contributed by atoms with E-state index in [1.165, 1.54) is 15.4 Å². The van der Waals surface area contributed by atoms with Crippen molar-refractivity contribution in [3.8, 4) is 0 Å². The van der Waals surface area contributed by atoms with Crippen LogP contribution in [0.5, 0.6) is 0 Å². The molecule has 1 aliphatic rings. The highest BCUT2D eigenvalue weighted by Gasteiger charge is 2.28. The fraction of sp³-hybridized carbons (Fsp3) is 0.409. The summed E-state index contributed by atoms with van der Waals surface area (Å²) in [4.78, 5) is 14.7. The lowest BCUT2D eigenvalue weighted by Crippen LogP contribution is -2.38. The van der Waals surface area contributed by atoms with Crippen LogP contribution in [0.3, 0.4) is 0 Å². The molecular weight excluding hydrogens is 404 g/mol. The third-order valence-corrected chi connectivity index (χ3v) is 7.94. The van der Waals surface area contributed by atoms with Gasteiger partial charge in [-0.2, -0.15) is 4.31 Å². The zero-order valence-electron chi connectivity index (χ0n) is 17.0. The number of amides is 1. The first-order valence-corrected chi connectivity index (χ1v) is 12.4. The lowest BCUT2D eigenvalue weighted by Gasteiger charge is -2.22. The normalized spacial score (nSPS) is 15.9. The molecule has 3 rings (SSSR count). The minimum atomic E-state index is -3.52. The summed E-state index contributed by atoms with van der Waals surface area (Å²) in [5, 5.41) is 0. The second kappa shape index (κ2) is 9.78. The van der Waals surface area contributed by atoms with E-state index in [0.717, 1.165) is 11.3 Å². The fourth-order valence-corrected chi connectivity index (χ4v) is 5.74. The number of hydrogen-bond acceptors (Lipinski definition) is 4. The number of nitrogens with zero attached hydrogens (tertiary/aromatic N) is 2. The van der Waals surface area contributed by atoms with Gasteiger partial charge in [0.25, 0.3) is 0 Å². The molecule has 0 radical (unpaired) electrons. The standard InChI is InChI=1S/C22H28N2O3S2/c1-18-7-9-21(10-8-18)29(26,27)24-12-4-11-23(13-14-24)22(25)17-28-16-20-6-3-5-19(2)15-20/h3,5-10,15H,4,11-14,16-17H2,1-2H3. The molecule has 156 valence electrons. The fourth-order valence-electron chi connectivity index (χ4n) is 3.39. The van der Waals surface area contributed by atoms with Crippen LogP contribution in [0.2, 0.25) is 0 Å². The highest BCUT2D eigenvalue weighted by molar-refractivity contribution is 7.99. The summed E-state index contributed by atoms with van der Waals surface area (Å²) in [6.07, 6.45) is 0.652. The van der Waals surface area contributed by atoms with E-state index in [4.69, 9.17) is 0 Å². The summed E-state index contributed by atoms with van der Waals surface area (Å²) in [7, 11) is -3.52. The molecule has 2 aromatic carbocycles. The Hall–Kier alpha value is -1.83. The molecule has 0 unspecified atom stereocenters. The summed E-state index contributed by atoms with van der Waals surface area (Å²) in [6.45, 7) is 5.81. The Bertz CT molecular complexity index is 943. The molecule has 0 N–H and O–H groups in total. The van der Waals surface area contributed by atoms with Crippen molar-refractivity contribution in [1.29, 1.82) is 0 Å². The van der Waals surface area contributed by atoms with E-state index >= 15 is 0 Å². The second-order valence-corrected chi connectivity index (χ2v) is 10.4. The van der Waals surface area contributed by atoms with Crippen LogP contribution < -0.4 is 0 Å². The Kier molecular flexibility index (Phi) is 7.38. The second-order valence-electron chi connectivity index (χ2n) is 7.43. The van der Waals surface area contributed by atoms with E-state index in [1.807, 2.05) is 25.1 Å². The molecule has 0 saturated carbocycles. The van der Waals surface area contributed by atoms with Crippen molar-refractivity contribution in [3.63, 3.8) is 0 Å². The van der Waals surface area contributed by atoms with Gasteiger partial charge in [0, 0.05) is 31.9 Å². The van der Waals surface area contributed by atoms with E-state index < -0.39 is 10.0 Å². The summed E-state index contributed by atoms with van der Waals surface area (Å²) in [5.74, 6) is 1.30. The van der Waals surface area contributed by atoms with Gasteiger partial charge >= 0.3 is 0 Å². The van der Waals surface area contributed by atoms with Crippen molar-refractivity contribution in [3.05, 3.63) is 65.2 Å². The van der Waals surface area contributed by atoms with Crippen LogP contribution in [0.15, 0.2) is 53.4 Å².